The summed E-state index contributed by atoms with van der Waals surface area (Å²) in [6, 6.07) is 4.79. The summed E-state index contributed by atoms with van der Waals surface area (Å²) in [7, 11) is -3.58. The molecule has 0 unspecified atom stereocenters. The zero-order valence-corrected chi connectivity index (χ0v) is 16.9. The van der Waals surface area contributed by atoms with Gasteiger partial charge in [0.15, 0.2) is 0 Å². The molecule has 0 spiro atoms. The van der Waals surface area contributed by atoms with Crippen LogP contribution >= 0.6 is 24.8 Å². The maximum absolute atomic E-state index is 12.4. The van der Waals surface area contributed by atoms with E-state index < -0.39 is 10.0 Å². The van der Waals surface area contributed by atoms with Gasteiger partial charge in [-0.05, 0) is 37.1 Å². The van der Waals surface area contributed by atoms with E-state index in [0.29, 0.717) is 18.7 Å². The maximum atomic E-state index is 12.4. The molecule has 0 saturated carbocycles. The molecule has 10 heteroatoms. The molecule has 148 valence electrons. The number of halogens is 2. The highest BCUT2D eigenvalue weighted by atomic mass is 35.5. The lowest BCUT2D eigenvalue weighted by atomic mass is 10.0. The van der Waals surface area contributed by atoms with Gasteiger partial charge in [-0.3, -0.25) is 4.79 Å². The first kappa shape index (κ1) is 23.1. The number of fused-ring (bicyclic) bond motifs is 1. The summed E-state index contributed by atoms with van der Waals surface area (Å²) >= 11 is 0. The molecule has 1 aromatic carbocycles. The van der Waals surface area contributed by atoms with Gasteiger partial charge < -0.3 is 15.5 Å². The van der Waals surface area contributed by atoms with Crippen LogP contribution in [0.15, 0.2) is 23.1 Å². The first-order chi connectivity index (χ1) is 11.6. The Balaban J connectivity index is 0.00000169. The van der Waals surface area contributed by atoms with Crippen LogP contribution in [0.5, 0.6) is 0 Å². The van der Waals surface area contributed by atoms with Crippen molar-refractivity contribution < 1.29 is 13.2 Å². The van der Waals surface area contributed by atoms with Gasteiger partial charge in [0.25, 0.3) is 5.91 Å². The molecule has 2 heterocycles. The van der Waals surface area contributed by atoms with Crippen molar-refractivity contribution in [3.63, 3.8) is 0 Å². The molecule has 2 aliphatic rings. The molecule has 3 rings (SSSR count). The highest BCUT2D eigenvalue weighted by Crippen LogP contribution is 2.19. The second-order valence-corrected chi connectivity index (χ2v) is 7.93. The van der Waals surface area contributed by atoms with Crippen LogP contribution < -0.4 is 15.4 Å². The lowest BCUT2D eigenvalue weighted by molar-refractivity contribution is 0.0945. The van der Waals surface area contributed by atoms with Crippen LogP contribution in [-0.4, -0.2) is 65.0 Å². The molecule has 7 nitrogen and oxygen atoms in total. The van der Waals surface area contributed by atoms with Crippen molar-refractivity contribution in [1.29, 1.82) is 0 Å². The molecular weight excluding hydrogens is 399 g/mol. The lowest BCUT2D eigenvalue weighted by Gasteiger charge is -2.27. The number of carbonyl (C=O) groups is 1. The monoisotopic (exact) mass is 424 g/mol. The third kappa shape index (κ3) is 5.80. The number of piperazine rings is 1. The Kier molecular flexibility index (Phi) is 9.29. The number of hydrogen-bond acceptors (Lipinski definition) is 5. The zero-order chi connectivity index (χ0) is 17.0. The average molecular weight is 425 g/mol. The first-order valence-corrected chi connectivity index (χ1v) is 9.88. The van der Waals surface area contributed by atoms with Crippen molar-refractivity contribution in [3.8, 4) is 0 Å². The van der Waals surface area contributed by atoms with Crippen molar-refractivity contribution in [2.45, 2.75) is 17.7 Å². The molecule has 0 aliphatic carbocycles. The van der Waals surface area contributed by atoms with Crippen LogP contribution in [0.4, 0.5) is 0 Å². The Morgan fingerprint density at radius 3 is 2.58 bits per heavy atom. The van der Waals surface area contributed by atoms with Gasteiger partial charge in [0.1, 0.15) is 0 Å². The molecule has 0 atom stereocenters. The van der Waals surface area contributed by atoms with E-state index in [4.69, 9.17) is 0 Å². The van der Waals surface area contributed by atoms with Gasteiger partial charge in [-0.25, -0.2) is 13.1 Å². The lowest BCUT2D eigenvalue weighted by Crippen LogP contribution is -2.44. The van der Waals surface area contributed by atoms with Gasteiger partial charge in [-0.1, -0.05) is 6.07 Å². The third-order valence-electron chi connectivity index (χ3n) is 4.47. The van der Waals surface area contributed by atoms with Gasteiger partial charge in [-0.15, -0.1) is 24.8 Å². The standard InChI is InChI=1S/C16H24N4O3S.2ClH/c21-16-15-12-14(3-2-13(15)4-6-18-16)24(22,23)19-5-1-9-20-10-7-17-8-11-20;;/h2-3,12,17,19H,1,4-11H2,(H,18,21);2*1H. The molecular formula is C16H26Cl2N4O3S. The van der Waals surface area contributed by atoms with Crippen LogP contribution in [0.25, 0.3) is 0 Å². The number of amides is 1. The van der Waals surface area contributed by atoms with E-state index in [-0.39, 0.29) is 35.6 Å². The van der Waals surface area contributed by atoms with E-state index in [9.17, 15) is 13.2 Å². The number of carbonyl (C=O) groups excluding carboxylic acids is 1. The molecule has 2 aliphatic heterocycles. The molecule has 0 radical (unpaired) electrons. The Labute approximate surface area is 167 Å². The van der Waals surface area contributed by atoms with Crippen LogP contribution in [0.2, 0.25) is 0 Å². The van der Waals surface area contributed by atoms with E-state index in [1.165, 1.54) is 6.07 Å². The summed E-state index contributed by atoms with van der Waals surface area (Å²) in [5, 5.41) is 6.03. The van der Waals surface area contributed by atoms with Crippen LogP contribution in [0.3, 0.4) is 0 Å². The van der Waals surface area contributed by atoms with Gasteiger partial charge in [0, 0.05) is 44.8 Å². The van der Waals surface area contributed by atoms with Gasteiger partial charge in [0.05, 0.1) is 4.90 Å². The highest BCUT2D eigenvalue weighted by molar-refractivity contribution is 7.89. The average Bonchev–Trinajstić information content (AvgIpc) is 2.60. The molecule has 26 heavy (non-hydrogen) atoms. The SMILES string of the molecule is Cl.Cl.O=C1NCCc2ccc(S(=O)(=O)NCCCN3CCNCC3)cc21. The van der Waals surface area contributed by atoms with Crippen LogP contribution in [0.1, 0.15) is 22.3 Å². The largest absolute Gasteiger partial charge is 0.352 e. The van der Waals surface area contributed by atoms with Crippen molar-refractivity contribution in [1.82, 2.24) is 20.3 Å². The van der Waals surface area contributed by atoms with E-state index >= 15 is 0 Å². The quantitative estimate of drug-likeness (QED) is 0.574. The normalized spacial score (nSPS) is 17.5. The first-order valence-electron chi connectivity index (χ1n) is 8.40. The topological polar surface area (TPSA) is 90.5 Å². The smallest absolute Gasteiger partial charge is 0.251 e. The third-order valence-corrected chi connectivity index (χ3v) is 5.93. The van der Waals surface area contributed by atoms with E-state index in [1.807, 2.05) is 0 Å². The predicted octanol–water partition coefficient (Wildman–Crippen LogP) is 0.390. The number of nitrogens with zero attached hydrogens (tertiary/aromatic N) is 1. The van der Waals surface area contributed by atoms with Gasteiger partial charge in [-0.2, -0.15) is 0 Å². The molecule has 1 aromatic rings. The summed E-state index contributed by atoms with van der Waals surface area (Å²) in [5.41, 5.74) is 1.36. The summed E-state index contributed by atoms with van der Waals surface area (Å²) in [4.78, 5) is 14.3. The van der Waals surface area contributed by atoms with Gasteiger partial charge in [0.2, 0.25) is 10.0 Å². The Hall–Kier alpha value is -0.900. The van der Waals surface area contributed by atoms with Crippen molar-refractivity contribution >= 4 is 40.7 Å². The molecule has 1 saturated heterocycles. The number of benzene rings is 1. The highest BCUT2D eigenvalue weighted by Gasteiger charge is 2.21. The second kappa shape index (κ2) is 10.4. The number of nitrogens with one attached hydrogen (secondary N) is 3. The summed E-state index contributed by atoms with van der Waals surface area (Å²) in [5.74, 6) is -0.202. The minimum Gasteiger partial charge on any atom is -0.352 e. The van der Waals surface area contributed by atoms with Crippen molar-refractivity contribution in [2.75, 3.05) is 45.8 Å². The predicted molar refractivity (Wildman–Crippen MR) is 106 cm³/mol. The minimum absolute atomic E-state index is 0. The summed E-state index contributed by atoms with van der Waals surface area (Å²) < 4.78 is 27.5. The minimum atomic E-state index is -3.58. The fraction of sp³-hybridized carbons (Fsp3) is 0.562. The van der Waals surface area contributed by atoms with E-state index in [1.54, 1.807) is 12.1 Å². The maximum Gasteiger partial charge on any atom is 0.251 e. The van der Waals surface area contributed by atoms with Gasteiger partial charge >= 0.3 is 0 Å². The Morgan fingerprint density at radius 1 is 1.12 bits per heavy atom. The molecule has 1 amide bonds. The van der Waals surface area contributed by atoms with Crippen molar-refractivity contribution in [2.24, 2.45) is 0 Å². The number of sulfonamides is 1. The van der Waals surface area contributed by atoms with Crippen molar-refractivity contribution in [3.05, 3.63) is 29.3 Å². The van der Waals surface area contributed by atoms with E-state index in [2.05, 4.69) is 20.3 Å². The fourth-order valence-corrected chi connectivity index (χ4v) is 4.19. The zero-order valence-electron chi connectivity index (χ0n) is 14.5. The number of rotatable bonds is 6. The summed E-state index contributed by atoms with van der Waals surface area (Å²) in [6.45, 7) is 5.87. The second-order valence-electron chi connectivity index (χ2n) is 6.17. The fourth-order valence-electron chi connectivity index (χ4n) is 3.09. The Bertz CT molecular complexity index is 709. The van der Waals surface area contributed by atoms with E-state index in [0.717, 1.165) is 51.1 Å². The molecule has 0 bridgehead atoms. The summed E-state index contributed by atoms with van der Waals surface area (Å²) in [6.07, 6.45) is 1.50. The Morgan fingerprint density at radius 2 is 1.85 bits per heavy atom. The van der Waals surface area contributed by atoms with Crippen LogP contribution in [0, 0.1) is 0 Å². The molecule has 0 aromatic heterocycles. The number of hydrogen-bond donors (Lipinski definition) is 3. The van der Waals surface area contributed by atoms with Crippen LogP contribution in [-0.2, 0) is 16.4 Å². The molecule has 3 N–H and O–H groups in total. The molecule has 1 fully saturated rings.